The van der Waals surface area contributed by atoms with Gasteiger partial charge in [0, 0.05) is 32.2 Å². The minimum atomic E-state index is -0.104. The summed E-state index contributed by atoms with van der Waals surface area (Å²) in [6.07, 6.45) is 2.28. The van der Waals surface area contributed by atoms with Crippen LogP contribution in [0, 0.1) is 5.92 Å². The summed E-state index contributed by atoms with van der Waals surface area (Å²) in [5.41, 5.74) is 1.61. The van der Waals surface area contributed by atoms with Gasteiger partial charge in [0.15, 0.2) is 0 Å². The standard InChI is InChI=1S/C16H23N3O2/c1-12-4-3-9-19(11-12)16(21)18-10-13-5-7-14(8-6-13)15(20)17-2/h5-8,12H,3-4,9-11H2,1-2H3,(H,17,20)(H,18,21). The molecule has 1 saturated heterocycles. The highest BCUT2D eigenvalue weighted by Gasteiger charge is 2.20. The molecule has 1 fully saturated rings. The average Bonchev–Trinajstić information content (AvgIpc) is 2.52. The van der Waals surface area contributed by atoms with Crippen molar-refractivity contribution in [2.75, 3.05) is 20.1 Å². The highest BCUT2D eigenvalue weighted by atomic mass is 16.2. The molecular weight excluding hydrogens is 266 g/mol. The molecule has 0 aliphatic carbocycles. The van der Waals surface area contributed by atoms with Gasteiger partial charge in [0.1, 0.15) is 0 Å². The summed E-state index contributed by atoms with van der Waals surface area (Å²) in [5.74, 6) is 0.476. The second-order valence-corrected chi connectivity index (χ2v) is 5.63. The molecule has 1 aliphatic rings. The van der Waals surface area contributed by atoms with Gasteiger partial charge in [-0.3, -0.25) is 4.79 Å². The van der Waals surface area contributed by atoms with E-state index in [4.69, 9.17) is 0 Å². The Morgan fingerprint density at radius 2 is 2.00 bits per heavy atom. The lowest BCUT2D eigenvalue weighted by Crippen LogP contribution is -2.44. The first-order valence-electron chi connectivity index (χ1n) is 7.44. The summed E-state index contributed by atoms with van der Waals surface area (Å²) in [6, 6.07) is 7.26. The van der Waals surface area contributed by atoms with E-state index in [2.05, 4.69) is 17.6 Å². The summed E-state index contributed by atoms with van der Waals surface area (Å²) in [5, 5.41) is 5.52. The van der Waals surface area contributed by atoms with E-state index in [-0.39, 0.29) is 11.9 Å². The van der Waals surface area contributed by atoms with Crippen LogP contribution < -0.4 is 10.6 Å². The van der Waals surface area contributed by atoms with Gasteiger partial charge < -0.3 is 15.5 Å². The summed E-state index contributed by atoms with van der Waals surface area (Å²) >= 11 is 0. The molecule has 0 saturated carbocycles. The third-order valence-electron chi connectivity index (χ3n) is 3.83. The largest absolute Gasteiger partial charge is 0.355 e. The number of carbonyl (C=O) groups excluding carboxylic acids is 2. The molecule has 0 bridgehead atoms. The molecule has 0 radical (unpaired) electrons. The summed E-state index contributed by atoms with van der Waals surface area (Å²) in [6.45, 7) is 4.34. The molecule has 21 heavy (non-hydrogen) atoms. The topological polar surface area (TPSA) is 61.4 Å². The maximum atomic E-state index is 12.1. The Kier molecular flexibility index (Phi) is 5.20. The number of rotatable bonds is 3. The second-order valence-electron chi connectivity index (χ2n) is 5.63. The number of carbonyl (C=O) groups is 2. The maximum Gasteiger partial charge on any atom is 0.317 e. The van der Waals surface area contributed by atoms with E-state index in [1.54, 1.807) is 19.2 Å². The first-order chi connectivity index (χ1) is 10.1. The first-order valence-corrected chi connectivity index (χ1v) is 7.44. The Morgan fingerprint density at radius 3 is 2.62 bits per heavy atom. The monoisotopic (exact) mass is 289 g/mol. The van der Waals surface area contributed by atoms with E-state index >= 15 is 0 Å². The third-order valence-corrected chi connectivity index (χ3v) is 3.83. The molecule has 114 valence electrons. The molecule has 1 atom stereocenters. The van der Waals surface area contributed by atoms with Gasteiger partial charge in [0.25, 0.3) is 5.91 Å². The fourth-order valence-corrected chi connectivity index (χ4v) is 2.58. The number of hydrogen-bond acceptors (Lipinski definition) is 2. The molecule has 2 rings (SSSR count). The molecule has 1 unspecified atom stereocenters. The van der Waals surface area contributed by atoms with Crippen LogP contribution in [0.5, 0.6) is 0 Å². The molecule has 0 spiro atoms. The minimum Gasteiger partial charge on any atom is -0.355 e. The van der Waals surface area contributed by atoms with Crippen LogP contribution in [0.25, 0.3) is 0 Å². The molecule has 5 nitrogen and oxygen atoms in total. The van der Waals surface area contributed by atoms with Crippen LogP contribution in [0.2, 0.25) is 0 Å². The van der Waals surface area contributed by atoms with Crippen LogP contribution in [0.3, 0.4) is 0 Å². The van der Waals surface area contributed by atoms with E-state index in [1.807, 2.05) is 17.0 Å². The molecule has 1 heterocycles. The van der Waals surface area contributed by atoms with Gasteiger partial charge in [-0.05, 0) is 36.5 Å². The van der Waals surface area contributed by atoms with Crippen molar-refractivity contribution in [3.8, 4) is 0 Å². The van der Waals surface area contributed by atoms with Crippen LogP contribution in [0.4, 0.5) is 4.79 Å². The lowest BCUT2D eigenvalue weighted by molar-refractivity contribution is 0.0963. The highest BCUT2D eigenvalue weighted by molar-refractivity contribution is 5.93. The number of benzene rings is 1. The van der Waals surface area contributed by atoms with Gasteiger partial charge in [-0.15, -0.1) is 0 Å². The second kappa shape index (κ2) is 7.11. The smallest absolute Gasteiger partial charge is 0.317 e. The van der Waals surface area contributed by atoms with Gasteiger partial charge in [0.2, 0.25) is 0 Å². The zero-order valence-corrected chi connectivity index (χ0v) is 12.7. The number of urea groups is 1. The Hall–Kier alpha value is -2.04. The van der Waals surface area contributed by atoms with Crippen molar-refractivity contribution in [3.05, 3.63) is 35.4 Å². The highest BCUT2D eigenvalue weighted by Crippen LogP contribution is 2.15. The Morgan fingerprint density at radius 1 is 1.29 bits per heavy atom. The van der Waals surface area contributed by atoms with Crippen molar-refractivity contribution in [2.24, 2.45) is 5.92 Å². The van der Waals surface area contributed by atoms with Crippen LogP contribution in [0.15, 0.2) is 24.3 Å². The van der Waals surface area contributed by atoms with Crippen LogP contribution in [0.1, 0.15) is 35.7 Å². The van der Waals surface area contributed by atoms with Gasteiger partial charge in [-0.2, -0.15) is 0 Å². The Labute approximate surface area is 125 Å². The van der Waals surface area contributed by atoms with Crippen LogP contribution in [-0.2, 0) is 6.54 Å². The fourth-order valence-electron chi connectivity index (χ4n) is 2.58. The first kappa shape index (κ1) is 15.4. The summed E-state index contributed by atoms with van der Waals surface area (Å²) in [4.78, 5) is 25.4. The zero-order valence-electron chi connectivity index (χ0n) is 12.7. The lowest BCUT2D eigenvalue weighted by atomic mass is 10.0. The minimum absolute atomic E-state index is 0.00284. The predicted octanol–water partition coefficient (Wildman–Crippen LogP) is 1.99. The Bertz CT molecular complexity index is 499. The van der Waals surface area contributed by atoms with Gasteiger partial charge in [0.05, 0.1) is 0 Å². The zero-order chi connectivity index (χ0) is 15.2. The number of piperidine rings is 1. The van der Waals surface area contributed by atoms with Crippen molar-refractivity contribution < 1.29 is 9.59 Å². The molecular formula is C16H23N3O2. The van der Waals surface area contributed by atoms with E-state index < -0.39 is 0 Å². The average molecular weight is 289 g/mol. The van der Waals surface area contributed by atoms with Crippen molar-refractivity contribution in [3.63, 3.8) is 0 Å². The molecule has 0 aromatic heterocycles. The third kappa shape index (κ3) is 4.21. The normalized spacial score (nSPS) is 18.2. The van der Waals surface area contributed by atoms with Crippen molar-refractivity contribution in [1.82, 2.24) is 15.5 Å². The number of nitrogens with one attached hydrogen (secondary N) is 2. The number of nitrogens with zero attached hydrogens (tertiary/aromatic N) is 1. The van der Waals surface area contributed by atoms with E-state index in [1.165, 1.54) is 6.42 Å². The summed E-state index contributed by atoms with van der Waals surface area (Å²) < 4.78 is 0. The SMILES string of the molecule is CNC(=O)c1ccc(CNC(=O)N2CCCC(C)C2)cc1. The van der Waals surface area contributed by atoms with Crippen molar-refractivity contribution >= 4 is 11.9 Å². The molecule has 3 amide bonds. The maximum absolute atomic E-state index is 12.1. The van der Waals surface area contributed by atoms with Crippen molar-refractivity contribution in [1.29, 1.82) is 0 Å². The molecule has 1 aromatic rings. The summed E-state index contributed by atoms with van der Waals surface area (Å²) in [7, 11) is 1.61. The van der Waals surface area contributed by atoms with Gasteiger partial charge in [-0.1, -0.05) is 19.1 Å². The number of hydrogen-bond donors (Lipinski definition) is 2. The lowest BCUT2D eigenvalue weighted by Gasteiger charge is -2.30. The van der Waals surface area contributed by atoms with E-state index in [0.717, 1.165) is 25.1 Å². The Balaban J connectivity index is 1.85. The van der Waals surface area contributed by atoms with E-state index in [0.29, 0.717) is 18.0 Å². The van der Waals surface area contributed by atoms with Crippen molar-refractivity contribution in [2.45, 2.75) is 26.3 Å². The van der Waals surface area contributed by atoms with Gasteiger partial charge >= 0.3 is 6.03 Å². The molecule has 1 aromatic carbocycles. The predicted molar refractivity (Wildman–Crippen MR) is 82.0 cm³/mol. The molecule has 1 aliphatic heterocycles. The fraction of sp³-hybridized carbons (Fsp3) is 0.500. The van der Waals surface area contributed by atoms with Crippen LogP contribution in [-0.4, -0.2) is 37.0 Å². The van der Waals surface area contributed by atoms with Crippen LogP contribution >= 0.6 is 0 Å². The number of likely N-dealkylation sites (tertiary alicyclic amines) is 1. The number of amides is 3. The molecule has 5 heteroatoms. The van der Waals surface area contributed by atoms with E-state index in [9.17, 15) is 9.59 Å². The molecule has 2 N–H and O–H groups in total. The quantitative estimate of drug-likeness (QED) is 0.894. The van der Waals surface area contributed by atoms with Gasteiger partial charge in [-0.25, -0.2) is 4.79 Å².